The number of primary amides is 1. The van der Waals surface area contributed by atoms with Crippen LogP contribution in [0.25, 0.3) is 0 Å². The number of amides is 1. The number of carbonyl (C=O) groups excluding carboxylic acids is 1. The van der Waals surface area contributed by atoms with Crippen molar-refractivity contribution in [3.05, 3.63) is 34.9 Å². The Kier molecular flexibility index (Phi) is 3.92. The van der Waals surface area contributed by atoms with E-state index in [1.807, 2.05) is 24.3 Å². The van der Waals surface area contributed by atoms with Gasteiger partial charge in [-0.05, 0) is 24.6 Å². The summed E-state index contributed by atoms with van der Waals surface area (Å²) in [7, 11) is 0. The average Bonchev–Trinajstić information content (AvgIpc) is 2.16. The number of nitrogens with one attached hydrogen (secondary N) is 1. The molecule has 0 aromatic heterocycles. The third-order valence-electron chi connectivity index (χ3n) is 1.95. The smallest absolute Gasteiger partial charge is 0.234 e. The molecule has 0 radical (unpaired) electrons. The highest BCUT2D eigenvalue weighted by atomic mass is 35.5. The molecule has 0 saturated carbocycles. The number of benzene rings is 1. The van der Waals surface area contributed by atoms with Crippen LogP contribution in [-0.4, -0.2) is 11.9 Å². The van der Waals surface area contributed by atoms with E-state index in [0.717, 1.165) is 5.56 Å². The van der Waals surface area contributed by atoms with Crippen molar-refractivity contribution in [1.29, 1.82) is 0 Å². The fourth-order valence-electron chi connectivity index (χ4n) is 0.974. The summed E-state index contributed by atoms with van der Waals surface area (Å²) in [6.45, 7) is 2.35. The number of carbonyl (C=O) groups is 1. The first-order chi connectivity index (χ1) is 6.59. The van der Waals surface area contributed by atoms with Crippen LogP contribution in [0.4, 0.5) is 0 Å². The van der Waals surface area contributed by atoms with Gasteiger partial charge in [0.1, 0.15) is 0 Å². The summed E-state index contributed by atoms with van der Waals surface area (Å²) >= 11 is 5.73. The van der Waals surface area contributed by atoms with Crippen molar-refractivity contribution >= 4 is 17.5 Å². The Morgan fingerprint density at radius 1 is 1.50 bits per heavy atom. The third-order valence-corrected chi connectivity index (χ3v) is 2.20. The molecule has 4 heteroatoms. The predicted octanol–water partition coefficient (Wildman–Crippen LogP) is 1.30. The van der Waals surface area contributed by atoms with Gasteiger partial charge in [-0.25, -0.2) is 0 Å². The molecule has 0 bridgehead atoms. The summed E-state index contributed by atoms with van der Waals surface area (Å²) in [5, 5.41) is 3.71. The van der Waals surface area contributed by atoms with E-state index >= 15 is 0 Å². The zero-order chi connectivity index (χ0) is 10.6. The standard InChI is InChI=1S/C10H13ClN2O/c1-7(10(12)14)13-6-8-2-4-9(11)5-3-8/h2-5,7,13H,6H2,1H3,(H2,12,14). The van der Waals surface area contributed by atoms with Gasteiger partial charge in [0.2, 0.25) is 5.91 Å². The first-order valence-corrected chi connectivity index (χ1v) is 4.74. The van der Waals surface area contributed by atoms with E-state index in [2.05, 4.69) is 5.32 Å². The Balaban J connectivity index is 2.46. The quantitative estimate of drug-likeness (QED) is 0.791. The number of hydrogen-bond acceptors (Lipinski definition) is 2. The second-order valence-corrected chi connectivity index (χ2v) is 3.57. The van der Waals surface area contributed by atoms with Gasteiger partial charge in [0.15, 0.2) is 0 Å². The third kappa shape index (κ3) is 3.36. The lowest BCUT2D eigenvalue weighted by Crippen LogP contribution is -2.38. The number of rotatable bonds is 4. The minimum absolute atomic E-state index is 0.314. The zero-order valence-corrected chi connectivity index (χ0v) is 8.71. The lowest BCUT2D eigenvalue weighted by molar-refractivity contribution is -0.119. The summed E-state index contributed by atoms with van der Waals surface area (Å²) < 4.78 is 0. The monoisotopic (exact) mass is 212 g/mol. The van der Waals surface area contributed by atoms with E-state index in [0.29, 0.717) is 11.6 Å². The van der Waals surface area contributed by atoms with Crippen molar-refractivity contribution < 1.29 is 4.79 Å². The fraction of sp³-hybridized carbons (Fsp3) is 0.300. The van der Waals surface area contributed by atoms with Gasteiger partial charge in [-0.1, -0.05) is 23.7 Å². The van der Waals surface area contributed by atoms with E-state index in [-0.39, 0.29) is 11.9 Å². The van der Waals surface area contributed by atoms with Crippen LogP contribution in [-0.2, 0) is 11.3 Å². The van der Waals surface area contributed by atoms with Gasteiger partial charge in [0, 0.05) is 11.6 Å². The largest absolute Gasteiger partial charge is 0.368 e. The molecule has 1 rings (SSSR count). The highest BCUT2D eigenvalue weighted by Crippen LogP contribution is 2.09. The highest BCUT2D eigenvalue weighted by Gasteiger charge is 2.06. The van der Waals surface area contributed by atoms with Crippen molar-refractivity contribution in [3.8, 4) is 0 Å². The maximum Gasteiger partial charge on any atom is 0.234 e. The van der Waals surface area contributed by atoms with E-state index < -0.39 is 0 Å². The normalized spacial score (nSPS) is 12.4. The molecule has 3 nitrogen and oxygen atoms in total. The Morgan fingerprint density at radius 3 is 2.57 bits per heavy atom. The van der Waals surface area contributed by atoms with Crippen molar-refractivity contribution in [3.63, 3.8) is 0 Å². The lowest BCUT2D eigenvalue weighted by Gasteiger charge is -2.09. The van der Waals surface area contributed by atoms with Gasteiger partial charge in [-0.15, -0.1) is 0 Å². The summed E-state index contributed by atoms with van der Waals surface area (Å²) in [4.78, 5) is 10.7. The molecule has 0 aliphatic heterocycles. The Morgan fingerprint density at radius 2 is 2.07 bits per heavy atom. The predicted molar refractivity (Wildman–Crippen MR) is 56.9 cm³/mol. The van der Waals surface area contributed by atoms with Gasteiger partial charge in [0.05, 0.1) is 6.04 Å². The molecule has 76 valence electrons. The van der Waals surface area contributed by atoms with Crippen LogP contribution in [0, 0.1) is 0 Å². The Labute approximate surface area is 88.2 Å². The topological polar surface area (TPSA) is 55.1 Å². The van der Waals surface area contributed by atoms with Gasteiger partial charge in [-0.2, -0.15) is 0 Å². The van der Waals surface area contributed by atoms with E-state index in [9.17, 15) is 4.79 Å². The van der Waals surface area contributed by atoms with Crippen molar-refractivity contribution in [1.82, 2.24) is 5.32 Å². The second kappa shape index (κ2) is 4.98. The molecular weight excluding hydrogens is 200 g/mol. The second-order valence-electron chi connectivity index (χ2n) is 3.13. The number of hydrogen-bond donors (Lipinski definition) is 2. The van der Waals surface area contributed by atoms with Gasteiger partial charge in [0.25, 0.3) is 0 Å². The number of halogens is 1. The minimum Gasteiger partial charge on any atom is -0.368 e. The van der Waals surface area contributed by atoms with Gasteiger partial charge >= 0.3 is 0 Å². The Bertz CT molecular complexity index is 310. The molecule has 1 amide bonds. The number of nitrogens with two attached hydrogens (primary N) is 1. The van der Waals surface area contributed by atoms with E-state index in [4.69, 9.17) is 17.3 Å². The van der Waals surface area contributed by atoms with Crippen LogP contribution < -0.4 is 11.1 Å². The molecule has 3 N–H and O–H groups in total. The van der Waals surface area contributed by atoms with Crippen LogP contribution in [0.15, 0.2) is 24.3 Å². The summed E-state index contributed by atoms with van der Waals surface area (Å²) in [5.74, 6) is -0.348. The molecule has 1 aromatic carbocycles. The first-order valence-electron chi connectivity index (χ1n) is 4.36. The minimum atomic E-state index is -0.348. The SMILES string of the molecule is CC(NCc1ccc(Cl)cc1)C(N)=O. The molecule has 1 atom stereocenters. The van der Waals surface area contributed by atoms with Crippen LogP contribution in [0.5, 0.6) is 0 Å². The molecule has 14 heavy (non-hydrogen) atoms. The Hall–Kier alpha value is -1.06. The van der Waals surface area contributed by atoms with Gasteiger partial charge < -0.3 is 11.1 Å². The van der Waals surface area contributed by atoms with E-state index in [1.54, 1.807) is 6.92 Å². The van der Waals surface area contributed by atoms with Gasteiger partial charge in [-0.3, -0.25) is 4.79 Å². The molecule has 0 fully saturated rings. The highest BCUT2D eigenvalue weighted by molar-refractivity contribution is 6.30. The molecule has 1 aromatic rings. The molecule has 1 unspecified atom stereocenters. The fourth-order valence-corrected chi connectivity index (χ4v) is 1.10. The molecule has 0 saturated heterocycles. The van der Waals surface area contributed by atoms with Crippen molar-refractivity contribution in [2.45, 2.75) is 19.5 Å². The van der Waals surface area contributed by atoms with Crippen LogP contribution in [0.1, 0.15) is 12.5 Å². The first kappa shape index (κ1) is 11.0. The summed E-state index contributed by atoms with van der Waals surface area (Å²) in [6, 6.07) is 7.12. The molecule has 0 aliphatic rings. The van der Waals surface area contributed by atoms with Crippen molar-refractivity contribution in [2.75, 3.05) is 0 Å². The lowest BCUT2D eigenvalue weighted by atomic mass is 10.2. The summed E-state index contributed by atoms with van der Waals surface area (Å²) in [6.07, 6.45) is 0. The summed E-state index contributed by atoms with van der Waals surface area (Å²) in [5.41, 5.74) is 6.17. The molecular formula is C10H13ClN2O. The van der Waals surface area contributed by atoms with Crippen LogP contribution >= 0.6 is 11.6 Å². The van der Waals surface area contributed by atoms with Crippen molar-refractivity contribution in [2.24, 2.45) is 5.73 Å². The maximum atomic E-state index is 10.7. The average molecular weight is 213 g/mol. The maximum absolute atomic E-state index is 10.7. The van der Waals surface area contributed by atoms with Crippen LogP contribution in [0.2, 0.25) is 5.02 Å². The zero-order valence-electron chi connectivity index (χ0n) is 7.96. The van der Waals surface area contributed by atoms with Crippen LogP contribution in [0.3, 0.4) is 0 Å². The molecule has 0 heterocycles. The molecule has 0 aliphatic carbocycles. The van der Waals surface area contributed by atoms with E-state index in [1.165, 1.54) is 0 Å². The molecule has 0 spiro atoms.